The maximum atomic E-state index is 12.4. The van der Waals surface area contributed by atoms with Crippen LogP contribution in [0.2, 0.25) is 0 Å². The van der Waals surface area contributed by atoms with E-state index in [9.17, 15) is 10.1 Å². The Kier molecular flexibility index (Phi) is 4.68. The number of pyridine rings is 1. The van der Waals surface area contributed by atoms with Gasteiger partial charge in [-0.3, -0.25) is 9.78 Å². The van der Waals surface area contributed by atoms with Crippen LogP contribution < -0.4 is 5.32 Å². The SMILES string of the molecule is N#CC1(C(=O)NCc2nc(-c3ccncc3)cs2)CCCCC1. The molecule has 0 aromatic carbocycles. The molecule has 1 fully saturated rings. The molecule has 6 heteroatoms. The zero-order valence-electron chi connectivity index (χ0n) is 12.8. The molecular weight excluding hydrogens is 308 g/mol. The number of nitrogens with zero attached hydrogens (tertiary/aromatic N) is 3. The summed E-state index contributed by atoms with van der Waals surface area (Å²) in [6.07, 6.45) is 7.80. The third-order valence-electron chi connectivity index (χ3n) is 4.28. The van der Waals surface area contributed by atoms with E-state index in [-0.39, 0.29) is 5.91 Å². The minimum atomic E-state index is -0.844. The van der Waals surface area contributed by atoms with E-state index in [2.05, 4.69) is 21.4 Å². The number of nitriles is 1. The molecule has 2 heterocycles. The fourth-order valence-electron chi connectivity index (χ4n) is 2.92. The first-order valence-electron chi connectivity index (χ1n) is 7.78. The first-order valence-corrected chi connectivity index (χ1v) is 8.66. The van der Waals surface area contributed by atoms with Gasteiger partial charge in [0.15, 0.2) is 0 Å². The second-order valence-corrected chi connectivity index (χ2v) is 6.74. The predicted molar refractivity (Wildman–Crippen MR) is 88.3 cm³/mol. The quantitative estimate of drug-likeness (QED) is 0.935. The number of carbonyl (C=O) groups is 1. The standard InChI is InChI=1S/C17H18N4OS/c18-12-17(6-2-1-3-7-17)16(22)20-10-15-21-14(11-23-15)13-4-8-19-9-5-13/h4-5,8-9,11H,1-3,6-7,10H2,(H,20,22). The average Bonchev–Trinajstić information content (AvgIpc) is 3.10. The smallest absolute Gasteiger partial charge is 0.240 e. The first-order chi connectivity index (χ1) is 11.2. The third-order valence-corrected chi connectivity index (χ3v) is 5.13. The summed E-state index contributed by atoms with van der Waals surface area (Å²) >= 11 is 1.51. The van der Waals surface area contributed by atoms with E-state index in [0.717, 1.165) is 35.5 Å². The van der Waals surface area contributed by atoms with Crippen molar-refractivity contribution >= 4 is 17.2 Å². The molecule has 1 saturated carbocycles. The van der Waals surface area contributed by atoms with E-state index in [1.807, 2.05) is 17.5 Å². The molecule has 1 aliphatic carbocycles. The Morgan fingerprint density at radius 3 is 2.74 bits per heavy atom. The van der Waals surface area contributed by atoms with Crippen LogP contribution in [0, 0.1) is 16.7 Å². The third kappa shape index (κ3) is 3.40. The fourth-order valence-corrected chi connectivity index (χ4v) is 3.66. The molecule has 1 N–H and O–H groups in total. The maximum Gasteiger partial charge on any atom is 0.240 e. The van der Waals surface area contributed by atoms with Crippen LogP contribution in [-0.4, -0.2) is 15.9 Å². The van der Waals surface area contributed by atoms with Gasteiger partial charge in [-0.05, 0) is 25.0 Å². The van der Waals surface area contributed by atoms with Crippen molar-refractivity contribution < 1.29 is 4.79 Å². The molecule has 0 spiro atoms. The molecule has 2 aromatic heterocycles. The van der Waals surface area contributed by atoms with E-state index >= 15 is 0 Å². The van der Waals surface area contributed by atoms with Gasteiger partial charge in [0, 0.05) is 23.3 Å². The summed E-state index contributed by atoms with van der Waals surface area (Å²) in [5.74, 6) is -0.152. The molecule has 118 valence electrons. The summed E-state index contributed by atoms with van der Waals surface area (Å²) in [6.45, 7) is 0.373. The molecule has 0 radical (unpaired) electrons. The topological polar surface area (TPSA) is 78.7 Å². The number of carbonyl (C=O) groups excluding carboxylic acids is 1. The molecule has 0 unspecified atom stereocenters. The van der Waals surface area contributed by atoms with Crippen molar-refractivity contribution in [2.24, 2.45) is 5.41 Å². The summed E-state index contributed by atoms with van der Waals surface area (Å²) < 4.78 is 0. The molecule has 0 bridgehead atoms. The van der Waals surface area contributed by atoms with Crippen LogP contribution in [0.25, 0.3) is 11.3 Å². The zero-order chi connectivity index (χ0) is 16.1. The predicted octanol–water partition coefficient (Wildman–Crippen LogP) is 3.30. The Morgan fingerprint density at radius 2 is 2.04 bits per heavy atom. The van der Waals surface area contributed by atoms with E-state index in [4.69, 9.17) is 0 Å². The van der Waals surface area contributed by atoms with Gasteiger partial charge in [-0.15, -0.1) is 11.3 Å². The highest BCUT2D eigenvalue weighted by atomic mass is 32.1. The van der Waals surface area contributed by atoms with Crippen LogP contribution in [0.15, 0.2) is 29.9 Å². The number of thiazole rings is 1. The second-order valence-electron chi connectivity index (χ2n) is 5.80. The molecule has 0 atom stereocenters. The van der Waals surface area contributed by atoms with Gasteiger partial charge in [0.25, 0.3) is 0 Å². The summed E-state index contributed by atoms with van der Waals surface area (Å²) in [6, 6.07) is 6.06. The van der Waals surface area contributed by atoms with Gasteiger partial charge in [0.1, 0.15) is 10.4 Å². The lowest BCUT2D eigenvalue weighted by molar-refractivity contribution is -0.129. The lowest BCUT2D eigenvalue weighted by atomic mass is 9.74. The van der Waals surface area contributed by atoms with Crippen LogP contribution in [0.1, 0.15) is 37.1 Å². The van der Waals surface area contributed by atoms with Gasteiger partial charge in [0.05, 0.1) is 18.3 Å². The molecule has 0 aliphatic heterocycles. The highest BCUT2D eigenvalue weighted by Crippen LogP contribution is 2.36. The van der Waals surface area contributed by atoms with Crippen LogP contribution in [0.3, 0.4) is 0 Å². The van der Waals surface area contributed by atoms with Gasteiger partial charge in [-0.1, -0.05) is 19.3 Å². The number of aromatic nitrogens is 2. The highest BCUT2D eigenvalue weighted by Gasteiger charge is 2.39. The van der Waals surface area contributed by atoms with Crippen molar-refractivity contribution in [3.63, 3.8) is 0 Å². The Bertz CT molecular complexity index is 714. The lowest BCUT2D eigenvalue weighted by Gasteiger charge is -2.28. The largest absolute Gasteiger partial charge is 0.348 e. The minimum Gasteiger partial charge on any atom is -0.348 e. The van der Waals surface area contributed by atoms with Crippen molar-refractivity contribution in [3.8, 4) is 17.3 Å². The van der Waals surface area contributed by atoms with E-state index < -0.39 is 5.41 Å². The summed E-state index contributed by atoms with van der Waals surface area (Å²) in [5, 5.41) is 15.1. The van der Waals surface area contributed by atoms with Gasteiger partial charge < -0.3 is 5.32 Å². The van der Waals surface area contributed by atoms with Gasteiger partial charge in [-0.2, -0.15) is 5.26 Å². The summed E-state index contributed by atoms with van der Waals surface area (Å²) in [4.78, 5) is 21.0. The monoisotopic (exact) mass is 326 g/mol. The van der Waals surface area contributed by atoms with Gasteiger partial charge in [-0.25, -0.2) is 4.98 Å². The number of rotatable bonds is 4. The van der Waals surface area contributed by atoms with E-state index in [1.165, 1.54) is 11.3 Å². The second kappa shape index (κ2) is 6.88. The Balaban J connectivity index is 1.64. The van der Waals surface area contributed by atoms with Gasteiger partial charge >= 0.3 is 0 Å². The van der Waals surface area contributed by atoms with Crippen molar-refractivity contribution in [1.82, 2.24) is 15.3 Å². The Morgan fingerprint density at radius 1 is 1.30 bits per heavy atom. The summed E-state index contributed by atoms with van der Waals surface area (Å²) in [7, 11) is 0. The molecular formula is C17H18N4OS. The average molecular weight is 326 g/mol. The van der Waals surface area contributed by atoms with Crippen molar-refractivity contribution in [2.75, 3.05) is 0 Å². The first kappa shape index (κ1) is 15.6. The summed E-state index contributed by atoms with van der Waals surface area (Å²) in [5.41, 5.74) is 1.05. The molecule has 1 aliphatic rings. The molecule has 23 heavy (non-hydrogen) atoms. The van der Waals surface area contributed by atoms with Crippen molar-refractivity contribution in [1.29, 1.82) is 5.26 Å². The van der Waals surface area contributed by atoms with Crippen LogP contribution >= 0.6 is 11.3 Å². The van der Waals surface area contributed by atoms with Gasteiger partial charge in [0.2, 0.25) is 5.91 Å². The molecule has 0 saturated heterocycles. The van der Waals surface area contributed by atoms with E-state index in [0.29, 0.717) is 19.4 Å². The number of hydrogen-bond acceptors (Lipinski definition) is 5. The van der Waals surface area contributed by atoms with Crippen LogP contribution in [0.4, 0.5) is 0 Å². The maximum absolute atomic E-state index is 12.4. The molecule has 2 aromatic rings. The zero-order valence-corrected chi connectivity index (χ0v) is 13.6. The van der Waals surface area contributed by atoms with Crippen molar-refractivity contribution in [3.05, 3.63) is 34.9 Å². The van der Waals surface area contributed by atoms with E-state index in [1.54, 1.807) is 12.4 Å². The fraction of sp³-hybridized carbons (Fsp3) is 0.412. The normalized spacial score (nSPS) is 16.5. The Labute approximate surface area is 139 Å². The minimum absolute atomic E-state index is 0.152. The van der Waals surface area contributed by atoms with Crippen LogP contribution in [0.5, 0.6) is 0 Å². The molecule has 5 nitrogen and oxygen atoms in total. The molecule has 3 rings (SSSR count). The Hall–Kier alpha value is -2.26. The number of amides is 1. The number of hydrogen-bond donors (Lipinski definition) is 1. The van der Waals surface area contributed by atoms with Crippen molar-refractivity contribution in [2.45, 2.75) is 38.6 Å². The lowest BCUT2D eigenvalue weighted by Crippen LogP contribution is -2.41. The number of nitrogens with one attached hydrogen (secondary N) is 1. The molecule has 1 amide bonds. The van der Waals surface area contributed by atoms with Crippen LogP contribution in [-0.2, 0) is 11.3 Å². The highest BCUT2D eigenvalue weighted by molar-refractivity contribution is 7.09.